The molecule has 3 atom stereocenters. The second-order valence-electron chi connectivity index (χ2n) is 9.57. The highest BCUT2D eigenvalue weighted by atomic mass is 127. The molecule has 2 aromatic rings. The van der Waals surface area contributed by atoms with Crippen molar-refractivity contribution < 1.29 is 37.8 Å². The minimum atomic E-state index is -1.17. The Morgan fingerprint density at radius 2 is 1.74 bits per heavy atom. The normalized spacial score (nSPS) is 23.1. The van der Waals surface area contributed by atoms with Crippen LogP contribution in [-0.4, -0.2) is 75.0 Å². The molecule has 204 valence electrons. The number of anilines is 1. The van der Waals surface area contributed by atoms with Crippen LogP contribution in [0.15, 0.2) is 44.9 Å². The Hall–Kier alpha value is -3.68. The number of amides is 1. The number of halogens is 1. The molecule has 0 bridgehead atoms. The number of nitrogens with zero attached hydrogens (tertiary/aromatic N) is 3. The highest BCUT2D eigenvalue weighted by Gasteiger charge is 2.67. The van der Waals surface area contributed by atoms with Gasteiger partial charge in [-0.3, -0.25) is 9.69 Å². The molecule has 3 aliphatic heterocycles. The summed E-state index contributed by atoms with van der Waals surface area (Å²) >= 11 is 2.18. The minimum Gasteiger partial charge on any atom is -0.467 e. The van der Waals surface area contributed by atoms with E-state index in [0.717, 1.165) is 14.8 Å². The van der Waals surface area contributed by atoms with Crippen molar-refractivity contribution in [3.05, 3.63) is 61.8 Å². The van der Waals surface area contributed by atoms with Crippen LogP contribution in [0, 0.1) is 17.4 Å². The lowest BCUT2D eigenvalue weighted by atomic mass is 9.69. The Kier molecular flexibility index (Phi) is 6.56. The number of likely N-dealkylation sites (N-methyl/N-ethyl adjacent to an activating group) is 1. The number of furan rings is 1. The molecule has 39 heavy (non-hydrogen) atoms. The van der Waals surface area contributed by atoms with Gasteiger partial charge < -0.3 is 23.5 Å². The van der Waals surface area contributed by atoms with Crippen LogP contribution < -0.4 is 4.90 Å². The predicted molar refractivity (Wildman–Crippen MR) is 146 cm³/mol. The van der Waals surface area contributed by atoms with Crippen LogP contribution in [0.2, 0.25) is 0 Å². The van der Waals surface area contributed by atoms with E-state index in [4.69, 9.17) is 18.6 Å². The molecule has 1 aromatic heterocycles. The van der Waals surface area contributed by atoms with Gasteiger partial charge >= 0.3 is 17.9 Å². The van der Waals surface area contributed by atoms with Crippen LogP contribution in [0.3, 0.4) is 0 Å². The molecule has 1 amide bonds. The van der Waals surface area contributed by atoms with E-state index in [2.05, 4.69) is 27.6 Å². The largest absolute Gasteiger partial charge is 0.467 e. The highest BCUT2D eigenvalue weighted by Crippen LogP contribution is 2.57. The third kappa shape index (κ3) is 3.71. The molecule has 4 heterocycles. The number of hydrogen-bond acceptors (Lipinski definition) is 10. The fourth-order valence-corrected chi connectivity index (χ4v) is 6.59. The number of carbonyl (C=O) groups excluding carboxylic acids is 4. The number of aryl methyl sites for hydroxylation is 2. The third-order valence-electron chi connectivity index (χ3n) is 7.62. The zero-order valence-electron chi connectivity index (χ0n) is 22.2. The van der Waals surface area contributed by atoms with Gasteiger partial charge in [0.15, 0.2) is 5.70 Å². The van der Waals surface area contributed by atoms with Gasteiger partial charge in [-0.1, -0.05) is 0 Å². The summed E-state index contributed by atoms with van der Waals surface area (Å²) in [5.41, 5.74) is 0.277. The number of rotatable bonds is 4. The summed E-state index contributed by atoms with van der Waals surface area (Å²) in [5.74, 6) is -1.81. The van der Waals surface area contributed by atoms with Gasteiger partial charge in [0.1, 0.15) is 23.4 Å². The summed E-state index contributed by atoms with van der Waals surface area (Å²) in [6.07, 6.45) is 0.0528. The molecular formula is C27H26IN3O8. The minimum absolute atomic E-state index is 0.0185. The van der Waals surface area contributed by atoms with Crippen molar-refractivity contribution in [2.45, 2.75) is 37.8 Å². The molecule has 0 N–H and O–H groups in total. The summed E-state index contributed by atoms with van der Waals surface area (Å²) in [7, 11) is 5.42. The van der Waals surface area contributed by atoms with Crippen LogP contribution >= 0.6 is 22.6 Å². The predicted octanol–water partition coefficient (Wildman–Crippen LogP) is 2.66. The first-order chi connectivity index (χ1) is 18.5. The number of esters is 3. The first-order valence-corrected chi connectivity index (χ1v) is 13.1. The van der Waals surface area contributed by atoms with E-state index in [1.165, 1.54) is 26.2 Å². The SMILES string of the molecule is COC(=O)C1=C(C(=O)OC)C2N(C)c3ccc(I)cc3[C@@]23C[C@@H](C(=O)OC)N(C(=O)c2cc(C)oc2C)C3=N1. The molecule has 0 aliphatic carbocycles. The molecule has 1 unspecified atom stereocenters. The molecule has 11 nitrogen and oxygen atoms in total. The lowest BCUT2D eigenvalue weighted by Gasteiger charge is -2.39. The number of amidine groups is 1. The molecule has 1 fully saturated rings. The molecule has 12 heteroatoms. The zero-order chi connectivity index (χ0) is 28.4. The quantitative estimate of drug-likeness (QED) is 0.280. The Labute approximate surface area is 237 Å². The van der Waals surface area contributed by atoms with Crippen molar-refractivity contribution in [1.29, 1.82) is 0 Å². The lowest BCUT2D eigenvalue weighted by Crippen LogP contribution is -2.55. The van der Waals surface area contributed by atoms with Crippen LogP contribution in [0.5, 0.6) is 0 Å². The second-order valence-corrected chi connectivity index (χ2v) is 10.8. The van der Waals surface area contributed by atoms with Crippen LogP contribution in [-0.2, 0) is 34.0 Å². The van der Waals surface area contributed by atoms with Gasteiger partial charge in [-0.15, -0.1) is 0 Å². The van der Waals surface area contributed by atoms with Gasteiger partial charge in [0.2, 0.25) is 0 Å². The molecule has 1 spiro atoms. The molecule has 1 saturated heterocycles. The monoisotopic (exact) mass is 647 g/mol. The van der Waals surface area contributed by atoms with Gasteiger partial charge in [0.05, 0.1) is 43.9 Å². The molecule has 0 saturated carbocycles. The number of carbonyl (C=O) groups is 4. The van der Waals surface area contributed by atoms with Crippen molar-refractivity contribution in [2.24, 2.45) is 4.99 Å². The Bertz CT molecular complexity index is 1510. The van der Waals surface area contributed by atoms with Crippen molar-refractivity contribution >= 4 is 57.9 Å². The maximum Gasteiger partial charge on any atom is 0.357 e. The van der Waals surface area contributed by atoms with Crippen LogP contribution in [0.4, 0.5) is 5.69 Å². The smallest absolute Gasteiger partial charge is 0.357 e. The van der Waals surface area contributed by atoms with E-state index in [1.54, 1.807) is 27.0 Å². The van der Waals surface area contributed by atoms with E-state index in [9.17, 15) is 19.2 Å². The molecular weight excluding hydrogens is 621 g/mol. The molecule has 0 radical (unpaired) electrons. The number of benzene rings is 1. The summed E-state index contributed by atoms with van der Waals surface area (Å²) in [5, 5.41) is 0. The van der Waals surface area contributed by atoms with Crippen molar-refractivity contribution in [1.82, 2.24) is 4.90 Å². The number of ether oxygens (including phenoxy) is 3. The van der Waals surface area contributed by atoms with Crippen molar-refractivity contribution in [3.8, 4) is 0 Å². The van der Waals surface area contributed by atoms with Gasteiger partial charge in [-0.2, -0.15) is 0 Å². The Morgan fingerprint density at radius 1 is 1.05 bits per heavy atom. The number of aliphatic imine (C=N–C) groups is 1. The van der Waals surface area contributed by atoms with E-state index in [0.29, 0.717) is 11.5 Å². The standard InChI is InChI=1S/C27H26IN3O8/c1-12-9-15(13(2)39-12)22(32)31-18(23(33)36-4)11-27-16-10-14(28)7-8-17(16)30(3)21(27)19(24(34)37-5)20(25(35)38-6)29-26(27)31/h7-10,18,21H,11H2,1-6H3/t18-,21?,27-/m0/s1. The third-order valence-corrected chi connectivity index (χ3v) is 8.29. The second kappa shape index (κ2) is 9.50. The fourth-order valence-electron chi connectivity index (χ4n) is 6.10. The summed E-state index contributed by atoms with van der Waals surface area (Å²) < 4.78 is 21.8. The lowest BCUT2D eigenvalue weighted by molar-refractivity contribution is -0.144. The summed E-state index contributed by atoms with van der Waals surface area (Å²) in [4.78, 5) is 61.6. The van der Waals surface area contributed by atoms with E-state index in [-0.39, 0.29) is 29.1 Å². The summed E-state index contributed by atoms with van der Waals surface area (Å²) in [6.45, 7) is 3.37. The number of methoxy groups -OCH3 is 3. The van der Waals surface area contributed by atoms with Gasteiger partial charge in [0.25, 0.3) is 5.91 Å². The highest BCUT2D eigenvalue weighted by molar-refractivity contribution is 14.1. The van der Waals surface area contributed by atoms with E-state index in [1.807, 2.05) is 23.1 Å². The topological polar surface area (TPSA) is 128 Å². The number of hydrogen-bond donors (Lipinski definition) is 0. The average Bonchev–Trinajstić information content (AvgIpc) is 3.53. The molecule has 3 aliphatic rings. The summed E-state index contributed by atoms with van der Waals surface area (Å²) in [6, 6.07) is 5.40. The van der Waals surface area contributed by atoms with Gasteiger partial charge in [0, 0.05) is 16.3 Å². The van der Waals surface area contributed by atoms with Crippen molar-refractivity contribution in [3.63, 3.8) is 0 Å². The number of fused-ring (bicyclic) bond motifs is 1. The Balaban J connectivity index is 1.87. The fraction of sp³-hybridized carbons (Fsp3) is 0.370. The zero-order valence-corrected chi connectivity index (χ0v) is 24.3. The molecule has 5 rings (SSSR count). The number of likely N-dealkylation sites (tertiary alicyclic amines) is 1. The van der Waals surface area contributed by atoms with E-state index < -0.39 is 41.3 Å². The average molecular weight is 647 g/mol. The maximum absolute atomic E-state index is 14.2. The molecule has 1 aromatic carbocycles. The Morgan fingerprint density at radius 3 is 2.33 bits per heavy atom. The van der Waals surface area contributed by atoms with E-state index >= 15 is 0 Å². The van der Waals surface area contributed by atoms with Crippen molar-refractivity contribution in [2.75, 3.05) is 33.3 Å². The van der Waals surface area contributed by atoms with Gasteiger partial charge in [-0.05, 0) is 72.7 Å². The first kappa shape index (κ1) is 26.9. The van der Waals surface area contributed by atoms with Gasteiger partial charge in [-0.25, -0.2) is 19.4 Å². The van der Waals surface area contributed by atoms with Crippen LogP contribution in [0.25, 0.3) is 0 Å². The first-order valence-electron chi connectivity index (χ1n) is 12.0. The van der Waals surface area contributed by atoms with Crippen LogP contribution in [0.1, 0.15) is 33.9 Å². The maximum atomic E-state index is 14.2.